The van der Waals surface area contributed by atoms with Gasteiger partial charge in [0.15, 0.2) is 5.82 Å². The lowest BCUT2D eigenvalue weighted by atomic mass is 9.89. The van der Waals surface area contributed by atoms with E-state index in [9.17, 15) is 0 Å². The van der Waals surface area contributed by atoms with Crippen LogP contribution in [0, 0.1) is 6.92 Å². The Morgan fingerprint density at radius 3 is 2.78 bits per heavy atom. The van der Waals surface area contributed by atoms with Gasteiger partial charge in [-0.2, -0.15) is 5.10 Å². The van der Waals surface area contributed by atoms with Crippen LogP contribution in [0.15, 0.2) is 42.5 Å². The lowest BCUT2D eigenvalue weighted by Gasteiger charge is -2.16. The van der Waals surface area contributed by atoms with E-state index in [1.54, 1.807) is 0 Å². The first-order valence-corrected chi connectivity index (χ1v) is 8.27. The Kier molecular flexibility index (Phi) is 3.41. The molecule has 0 atom stereocenters. The van der Waals surface area contributed by atoms with Crippen LogP contribution in [-0.2, 0) is 0 Å². The largest absolute Gasteiger partial charge is 0.382 e. The van der Waals surface area contributed by atoms with E-state index in [1.165, 1.54) is 47.9 Å². The minimum Gasteiger partial charge on any atom is -0.382 e. The summed E-state index contributed by atoms with van der Waals surface area (Å²) in [4.78, 5) is 0. The molecule has 3 nitrogen and oxygen atoms in total. The Morgan fingerprint density at radius 2 is 2.00 bits per heavy atom. The number of hydrogen-bond donors (Lipinski definition) is 2. The predicted molar refractivity (Wildman–Crippen MR) is 97.1 cm³/mol. The average molecular weight is 303 g/mol. The van der Waals surface area contributed by atoms with Crippen molar-refractivity contribution in [1.82, 2.24) is 10.2 Å². The molecule has 0 spiro atoms. The highest BCUT2D eigenvalue weighted by Crippen LogP contribution is 2.35. The highest BCUT2D eigenvalue weighted by molar-refractivity contribution is 6.01. The third-order valence-electron chi connectivity index (χ3n) is 4.79. The Labute approximate surface area is 136 Å². The topological polar surface area (TPSA) is 54.7 Å². The summed E-state index contributed by atoms with van der Waals surface area (Å²) >= 11 is 0. The molecule has 116 valence electrons. The van der Waals surface area contributed by atoms with E-state index < -0.39 is 0 Å². The molecule has 1 heterocycles. The molecule has 1 aromatic heterocycles. The molecule has 2 aromatic carbocycles. The van der Waals surface area contributed by atoms with Gasteiger partial charge in [-0.15, -0.1) is 0 Å². The van der Waals surface area contributed by atoms with Crippen LogP contribution in [0.5, 0.6) is 0 Å². The molecule has 0 amide bonds. The number of nitrogens with zero attached hydrogens (tertiary/aromatic N) is 1. The van der Waals surface area contributed by atoms with Crippen molar-refractivity contribution in [2.45, 2.75) is 32.6 Å². The molecule has 1 aliphatic carbocycles. The third-order valence-corrected chi connectivity index (χ3v) is 4.79. The first kappa shape index (κ1) is 14.1. The lowest BCUT2D eigenvalue weighted by Crippen LogP contribution is -1.95. The zero-order chi connectivity index (χ0) is 15.8. The van der Waals surface area contributed by atoms with Crippen molar-refractivity contribution in [2.75, 3.05) is 5.73 Å². The normalized spacial score (nSPS) is 14.9. The maximum Gasteiger partial charge on any atom is 0.153 e. The minimum atomic E-state index is 0.562. The van der Waals surface area contributed by atoms with E-state index in [4.69, 9.17) is 5.73 Å². The molecule has 0 saturated heterocycles. The highest BCUT2D eigenvalue weighted by atomic mass is 15.1. The number of anilines is 1. The van der Waals surface area contributed by atoms with Crippen LogP contribution < -0.4 is 5.73 Å². The quantitative estimate of drug-likeness (QED) is 0.693. The zero-order valence-electron chi connectivity index (χ0n) is 13.4. The minimum absolute atomic E-state index is 0.562. The Bertz CT molecular complexity index is 902. The summed E-state index contributed by atoms with van der Waals surface area (Å²) in [5, 5.41) is 8.14. The van der Waals surface area contributed by atoms with Crippen molar-refractivity contribution >= 4 is 22.3 Å². The van der Waals surface area contributed by atoms with Gasteiger partial charge < -0.3 is 5.73 Å². The molecule has 0 aliphatic heterocycles. The summed E-state index contributed by atoms with van der Waals surface area (Å²) < 4.78 is 0. The van der Waals surface area contributed by atoms with Gasteiger partial charge in [-0.1, -0.05) is 36.4 Å². The van der Waals surface area contributed by atoms with Gasteiger partial charge >= 0.3 is 0 Å². The van der Waals surface area contributed by atoms with Crippen molar-refractivity contribution in [3.8, 4) is 11.1 Å². The molecule has 4 rings (SSSR count). The number of aromatic amines is 1. The first-order valence-electron chi connectivity index (χ1n) is 8.27. The number of H-pyrrole nitrogens is 1. The van der Waals surface area contributed by atoms with Crippen molar-refractivity contribution in [3.05, 3.63) is 53.6 Å². The fourth-order valence-electron chi connectivity index (χ4n) is 3.61. The number of nitrogen functional groups attached to an aromatic ring is 1. The molecule has 3 heteroatoms. The van der Waals surface area contributed by atoms with Crippen LogP contribution in [0.3, 0.4) is 0 Å². The summed E-state index contributed by atoms with van der Waals surface area (Å²) in [6.45, 7) is 2.20. The van der Waals surface area contributed by atoms with Crippen LogP contribution in [0.25, 0.3) is 27.6 Å². The van der Waals surface area contributed by atoms with E-state index in [0.717, 1.165) is 16.5 Å². The van der Waals surface area contributed by atoms with Crippen LogP contribution in [0.2, 0.25) is 0 Å². The summed E-state index contributed by atoms with van der Waals surface area (Å²) in [7, 11) is 0. The fourth-order valence-corrected chi connectivity index (χ4v) is 3.61. The molecule has 3 N–H and O–H groups in total. The number of nitrogens with one attached hydrogen (secondary N) is 1. The van der Waals surface area contributed by atoms with Gasteiger partial charge in [0.25, 0.3) is 0 Å². The van der Waals surface area contributed by atoms with Gasteiger partial charge in [0.05, 0.1) is 10.9 Å². The highest BCUT2D eigenvalue weighted by Gasteiger charge is 2.13. The molecule has 1 aliphatic rings. The smallest absolute Gasteiger partial charge is 0.153 e. The number of aromatic nitrogens is 2. The molecule has 3 aromatic rings. The number of nitrogens with two attached hydrogens (primary N) is 1. The molecule has 23 heavy (non-hydrogen) atoms. The third kappa shape index (κ3) is 2.42. The Balaban J connectivity index is 1.82. The molecule has 0 bridgehead atoms. The number of rotatable bonds is 2. The molecule has 0 unspecified atom stereocenters. The summed E-state index contributed by atoms with van der Waals surface area (Å²) in [6.07, 6.45) is 7.44. The van der Waals surface area contributed by atoms with Gasteiger partial charge in [0.2, 0.25) is 0 Å². The molecule has 0 fully saturated rings. The van der Waals surface area contributed by atoms with E-state index in [2.05, 4.69) is 47.5 Å². The number of hydrogen-bond acceptors (Lipinski definition) is 2. The zero-order valence-corrected chi connectivity index (χ0v) is 13.4. The van der Waals surface area contributed by atoms with Crippen molar-refractivity contribution < 1.29 is 0 Å². The van der Waals surface area contributed by atoms with E-state index >= 15 is 0 Å². The number of allylic oxidation sites excluding steroid dienone is 2. The van der Waals surface area contributed by atoms with Gasteiger partial charge in [-0.25, -0.2) is 0 Å². The lowest BCUT2D eigenvalue weighted by molar-refractivity contribution is 0.741. The first-order chi connectivity index (χ1) is 11.2. The standard InChI is InChI=1S/C20H21N3/c1-13-12-15(10-11-16(13)14-6-3-2-4-7-14)17-8-5-9-18-19(17)20(21)23-22-18/h5-6,8-12H,2-4,7H2,1H3,(H3,21,22,23). The van der Waals surface area contributed by atoms with Crippen molar-refractivity contribution in [1.29, 1.82) is 0 Å². The molecular weight excluding hydrogens is 282 g/mol. The van der Waals surface area contributed by atoms with Crippen molar-refractivity contribution in [2.24, 2.45) is 0 Å². The van der Waals surface area contributed by atoms with Gasteiger partial charge in [0, 0.05) is 0 Å². The molecule has 0 saturated carbocycles. The van der Waals surface area contributed by atoms with E-state index in [1.807, 2.05) is 12.1 Å². The van der Waals surface area contributed by atoms with Crippen LogP contribution >= 0.6 is 0 Å². The fraction of sp³-hybridized carbons (Fsp3) is 0.250. The maximum absolute atomic E-state index is 6.05. The van der Waals surface area contributed by atoms with Gasteiger partial charge in [-0.05, 0) is 66.5 Å². The number of benzene rings is 2. The second kappa shape index (κ2) is 5.58. The second-order valence-electron chi connectivity index (χ2n) is 6.34. The SMILES string of the molecule is Cc1cc(-c2cccc3[nH]nc(N)c23)ccc1C1=CCCCC1. The van der Waals surface area contributed by atoms with Gasteiger partial charge in [-0.3, -0.25) is 5.10 Å². The average Bonchev–Trinajstić information content (AvgIpc) is 2.97. The van der Waals surface area contributed by atoms with E-state index in [0.29, 0.717) is 5.82 Å². The monoisotopic (exact) mass is 303 g/mol. The summed E-state index contributed by atoms with van der Waals surface area (Å²) in [6, 6.07) is 12.9. The number of fused-ring (bicyclic) bond motifs is 1. The summed E-state index contributed by atoms with van der Waals surface area (Å²) in [5.74, 6) is 0.562. The van der Waals surface area contributed by atoms with Crippen LogP contribution in [0.4, 0.5) is 5.82 Å². The van der Waals surface area contributed by atoms with Crippen LogP contribution in [-0.4, -0.2) is 10.2 Å². The van der Waals surface area contributed by atoms with Crippen LogP contribution in [0.1, 0.15) is 36.8 Å². The summed E-state index contributed by atoms with van der Waals surface area (Å²) in [5.41, 5.74) is 13.6. The van der Waals surface area contributed by atoms with E-state index in [-0.39, 0.29) is 0 Å². The van der Waals surface area contributed by atoms with Crippen molar-refractivity contribution in [3.63, 3.8) is 0 Å². The number of aryl methyl sites for hydroxylation is 1. The molecule has 0 radical (unpaired) electrons. The maximum atomic E-state index is 6.05. The predicted octanol–water partition coefficient (Wildman–Crippen LogP) is 5.08. The molecular formula is C20H21N3. The Morgan fingerprint density at radius 1 is 1.09 bits per heavy atom. The Hall–Kier alpha value is -2.55. The second-order valence-corrected chi connectivity index (χ2v) is 6.34. The van der Waals surface area contributed by atoms with Gasteiger partial charge in [0.1, 0.15) is 0 Å².